The average molecular weight is 483 g/mol. The Bertz CT molecular complexity index is 1050. The molecule has 0 radical (unpaired) electrons. The second-order valence-corrected chi connectivity index (χ2v) is 8.39. The highest BCUT2D eigenvalue weighted by atomic mass is 16.5. The maximum absolute atomic E-state index is 12.8. The van der Waals surface area contributed by atoms with Gasteiger partial charge in [-0.1, -0.05) is 25.1 Å². The molecular weight excluding hydrogens is 448 g/mol. The van der Waals surface area contributed by atoms with Gasteiger partial charge in [0, 0.05) is 57.4 Å². The second kappa shape index (κ2) is 13.0. The van der Waals surface area contributed by atoms with Gasteiger partial charge in [0.25, 0.3) is 5.91 Å². The normalized spacial score (nSPS) is 13.6. The summed E-state index contributed by atoms with van der Waals surface area (Å²) in [6.45, 7) is 4.12. The number of benzene rings is 2. The minimum Gasteiger partial charge on any atom is -0.449 e. The summed E-state index contributed by atoms with van der Waals surface area (Å²) in [5.41, 5.74) is 4.93. The average Bonchev–Trinajstić information content (AvgIpc) is 3.18. The molecule has 0 spiro atoms. The summed E-state index contributed by atoms with van der Waals surface area (Å²) in [6.07, 6.45) is 1.53. The first-order valence-corrected chi connectivity index (χ1v) is 12.0. The summed E-state index contributed by atoms with van der Waals surface area (Å²) in [4.78, 5) is 37.1. The van der Waals surface area contributed by atoms with Crippen molar-refractivity contribution in [2.45, 2.75) is 32.1 Å². The molecule has 0 saturated heterocycles. The van der Waals surface area contributed by atoms with Crippen molar-refractivity contribution in [2.75, 3.05) is 47.1 Å². The van der Waals surface area contributed by atoms with Crippen LogP contribution in [0.1, 0.15) is 63.9 Å². The molecule has 2 aromatic rings. The monoisotopic (exact) mass is 482 g/mol. The largest absolute Gasteiger partial charge is 0.449 e. The number of carbonyl (C=O) groups is 3. The molecule has 1 aliphatic rings. The molecule has 1 atom stereocenters. The number of rotatable bonds is 13. The molecule has 0 aromatic heterocycles. The smallest absolute Gasteiger partial charge is 0.406 e. The van der Waals surface area contributed by atoms with E-state index in [0.717, 1.165) is 35.1 Å². The number of fused-ring (bicyclic) bond motifs is 3. The Morgan fingerprint density at radius 2 is 1.63 bits per heavy atom. The Morgan fingerprint density at radius 1 is 0.943 bits per heavy atom. The van der Waals surface area contributed by atoms with Gasteiger partial charge < -0.3 is 24.8 Å². The first-order valence-electron chi connectivity index (χ1n) is 12.0. The molecule has 0 bridgehead atoms. The van der Waals surface area contributed by atoms with Crippen LogP contribution in [0, 0.1) is 0 Å². The van der Waals surface area contributed by atoms with Gasteiger partial charge in [-0.25, -0.2) is 4.79 Å². The van der Waals surface area contributed by atoms with Crippen molar-refractivity contribution in [1.29, 1.82) is 0 Å². The van der Waals surface area contributed by atoms with Gasteiger partial charge in [-0.2, -0.15) is 0 Å². The molecule has 0 aliphatic heterocycles. The summed E-state index contributed by atoms with van der Waals surface area (Å²) in [5, 5.41) is 5.34. The maximum atomic E-state index is 12.8. The van der Waals surface area contributed by atoms with Gasteiger partial charge in [-0.05, 0) is 53.3 Å². The highest BCUT2D eigenvalue weighted by molar-refractivity contribution is 5.98. The standard InChI is InChI=1S/C27H34N2O6/c1-4-6-25(30)18-7-9-20-21-10-8-19(26(31)29-11-14-34-13-5-12-33-3)16-23(21)24(22(20)15-18)17-35-27(32)28-2/h7-10,15-16,24H,4-6,11-14,17H2,1-3H3,(H,28,32)(H,29,31). The number of methoxy groups -OCH3 is 1. The van der Waals surface area contributed by atoms with Crippen LogP contribution in [0.4, 0.5) is 4.79 Å². The SMILES string of the molecule is CCCC(=O)c1ccc2c(c1)C(COC(=O)NC)c1cc(C(=O)NCCOCCCOC)ccc1-2. The maximum Gasteiger partial charge on any atom is 0.406 e. The summed E-state index contributed by atoms with van der Waals surface area (Å²) in [6, 6.07) is 11.2. The zero-order chi connectivity index (χ0) is 25.2. The zero-order valence-electron chi connectivity index (χ0n) is 20.6. The molecule has 1 aliphatic carbocycles. The quantitative estimate of drug-likeness (QED) is 0.331. The van der Waals surface area contributed by atoms with Crippen LogP contribution in [-0.4, -0.2) is 64.9 Å². The Kier molecular flexibility index (Phi) is 9.81. The summed E-state index contributed by atoms with van der Waals surface area (Å²) in [7, 11) is 3.15. The summed E-state index contributed by atoms with van der Waals surface area (Å²) in [5.74, 6) is -0.390. The van der Waals surface area contributed by atoms with Crippen LogP contribution in [0.3, 0.4) is 0 Å². The molecule has 0 saturated carbocycles. The number of amides is 2. The van der Waals surface area contributed by atoms with Crippen LogP contribution >= 0.6 is 0 Å². The van der Waals surface area contributed by atoms with E-state index in [1.54, 1.807) is 13.2 Å². The van der Waals surface area contributed by atoms with Crippen LogP contribution in [0.15, 0.2) is 36.4 Å². The molecule has 35 heavy (non-hydrogen) atoms. The number of ether oxygens (including phenoxy) is 3. The third-order valence-electron chi connectivity index (χ3n) is 5.96. The van der Waals surface area contributed by atoms with E-state index in [-0.39, 0.29) is 24.2 Å². The van der Waals surface area contributed by atoms with E-state index in [0.29, 0.717) is 43.9 Å². The number of ketones is 1. The van der Waals surface area contributed by atoms with Crippen molar-refractivity contribution in [3.8, 4) is 11.1 Å². The number of hydrogen-bond acceptors (Lipinski definition) is 6. The zero-order valence-corrected chi connectivity index (χ0v) is 20.6. The Labute approximate surface area is 206 Å². The van der Waals surface area contributed by atoms with E-state index in [1.807, 2.05) is 37.3 Å². The van der Waals surface area contributed by atoms with E-state index < -0.39 is 6.09 Å². The number of nitrogens with one attached hydrogen (secondary N) is 2. The van der Waals surface area contributed by atoms with Crippen LogP contribution in [-0.2, 0) is 14.2 Å². The van der Waals surface area contributed by atoms with Gasteiger partial charge >= 0.3 is 6.09 Å². The topological polar surface area (TPSA) is 103 Å². The predicted molar refractivity (Wildman–Crippen MR) is 133 cm³/mol. The number of alkyl carbamates (subject to hydrolysis) is 1. The lowest BCUT2D eigenvalue weighted by Crippen LogP contribution is -2.27. The van der Waals surface area contributed by atoms with E-state index in [9.17, 15) is 14.4 Å². The number of hydrogen-bond donors (Lipinski definition) is 2. The lowest BCUT2D eigenvalue weighted by molar-refractivity contribution is 0.0877. The van der Waals surface area contributed by atoms with Gasteiger partial charge in [0.05, 0.1) is 6.61 Å². The van der Waals surface area contributed by atoms with Crippen LogP contribution in [0.5, 0.6) is 0 Å². The fourth-order valence-electron chi connectivity index (χ4n) is 4.20. The van der Waals surface area contributed by atoms with E-state index >= 15 is 0 Å². The predicted octanol–water partition coefficient (Wildman–Crippen LogP) is 3.92. The lowest BCUT2D eigenvalue weighted by Gasteiger charge is -2.15. The molecule has 188 valence electrons. The van der Waals surface area contributed by atoms with Crippen molar-refractivity contribution in [2.24, 2.45) is 0 Å². The first kappa shape index (κ1) is 26.4. The fourth-order valence-corrected chi connectivity index (χ4v) is 4.20. The summed E-state index contributed by atoms with van der Waals surface area (Å²) >= 11 is 0. The van der Waals surface area contributed by atoms with Gasteiger partial charge in [0.2, 0.25) is 0 Å². The van der Waals surface area contributed by atoms with Gasteiger partial charge in [-0.15, -0.1) is 0 Å². The minimum atomic E-state index is -0.530. The highest BCUT2D eigenvalue weighted by Crippen LogP contribution is 2.45. The molecular formula is C27H34N2O6. The van der Waals surface area contributed by atoms with Crippen LogP contribution < -0.4 is 10.6 Å². The minimum absolute atomic E-state index is 0.0849. The van der Waals surface area contributed by atoms with Crippen molar-refractivity contribution in [1.82, 2.24) is 10.6 Å². The molecule has 0 fully saturated rings. The first-order chi connectivity index (χ1) is 17.0. The third-order valence-corrected chi connectivity index (χ3v) is 5.96. The van der Waals surface area contributed by atoms with Crippen molar-refractivity contribution >= 4 is 17.8 Å². The van der Waals surface area contributed by atoms with Crippen molar-refractivity contribution in [3.05, 3.63) is 58.7 Å². The molecule has 3 rings (SSSR count). The lowest BCUT2D eigenvalue weighted by atomic mass is 9.94. The van der Waals surface area contributed by atoms with E-state index in [2.05, 4.69) is 10.6 Å². The number of Topliss-reactive ketones (excluding diaryl/α,β-unsaturated/α-hetero) is 1. The molecule has 2 aromatic carbocycles. The van der Waals surface area contributed by atoms with E-state index in [4.69, 9.17) is 14.2 Å². The third kappa shape index (κ3) is 6.68. The Hall–Kier alpha value is -3.23. The van der Waals surface area contributed by atoms with E-state index in [1.165, 1.54) is 7.05 Å². The molecule has 0 heterocycles. The molecule has 2 amide bonds. The Balaban J connectivity index is 1.78. The van der Waals surface area contributed by atoms with Crippen molar-refractivity contribution in [3.63, 3.8) is 0 Å². The Morgan fingerprint density at radius 3 is 2.29 bits per heavy atom. The van der Waals surface area contributed by atoms with Gasteiger partial charge in [0.15, 0.2) is 5.78 Å². The highest BCUT2D eigenvalue weighted by Gasteiger charge is 2.31. The van der Waals surface area contributed by atoms with Crippen LogP contribution in [0.2, 0.25) is 0 Å². The molecule has 8 heteroatoms. The molecule has 2 N–H and O–H groups in total. The second-order valence-electron chi connectivity index (χ2n) is 8.39. The summed E-state index contributed by atoms with van der Waals surface area (Å²) < 4.78 is 15.9. The van der Waals surface area contributed by atoms with Crippen molar-refractivity contribution < 1.29 is 28.6 Å². The molecule has 1 unspecified atom stereocenters. The number of carbonyl (C=O) groups excluding carboxylic acids is 3. The van der Waals surface area contributed by atoms with Gasteiger partial charge in [0.1, 0.15) is 6.61 Å². The molecule has 8 nitrogen and oxygen atoms in total. The fraction of sp³-hybridized carbons (Fsp3) is 0.444. The van der Waals surface area contributed by atoms with Gasteiger partial charge in [-0.3, -0.25) is 9.59 Å². The van der Waals surface area contributed by atoms with Crippen LogP contribution in [0.25, 0.3) is 11.1 Å².